The lowest BCUT2D eigenvalue weighted by Crippen LogP contribution is -1.80. The van der Waals surface area contributed by atoms with E-state index in [4.69, 9.17) is 0 Å². The highest BCUT2D eigenvalue weighted by atomic mass is 14.7. The first-order valence-electron chi connectivity index (χ1n) is 3.04. The van der Waals surface area contributed by atoms with Gasteiger partial charge < -0.3 is 0 Å². The molecule has 0 amide bonds. The van der Waals surface area contributed by atoms with E-state index in [0.717, 1.165) is 5.71 Å². The fourth-order valence-electron chi connectivity index (χ4n) is 0.380. The Balaban J connectivity index is 3.71. The van der Waals surface area contributed by atoms with Gasteiger partial charge in [0.25, 0.3) is 0 Å². The van der Waals surface area contributed by atoms with Crippen molar-refractivity contribution in [2.24, 2.45) is 4.99 Å². The van der Waals surface area contributed by atoms with E-state index < -0.39 is 0 Å². The van der Waals surface area contributed by atoms with Gasteiger partial charge in [-0.1, -0.05) is 18.2 Å². The molecule has 0 atom stereocenters. The first-order chi connectivity index (χ1) is 4.31. The van der Waals surface area contributed by atoms with Gasteiger partial charge in [-0.3, -0.25) is 4.99 Å². The standard InChI is InChI=1S/C8H13N/c1-4-5-6-7-8(2)9-3/h4-7H,1-3H3/b5-4-,7-6-,9-8+. The van der Waals surface area contributed by atoms with Crippen LogP contribution in [0.1, 0.15) is 13.8 Å². The molecule has 0 saturated carbocycles. The quantitative estimate of drug-likeness (QED) is 0.394. The average Bonchev–Trinajstić information content (AvgIpc) is 1.89. The lowest BCUT2D eigenvalue weighted by Gasteiger charge is -1.82. The molecule has 0 radical (unpaired) electrons. The lowest BCUT2D eigenvalue weighted by atomic mass is 10.3. The summed E-state index contributed by atoms with van der Waals surface area (Å²) in [7, 11) is 1.79. The molecule has 0 N–H and O–H groups in total. The van der Waals surface area contributed by atoms with Gasteiger partial charge in [-0.15, -0.1) is 0 Å². The third-order valence-corrected chi connectivity index (χ3v) is 0.994. The molecule has 1 heteroatoms. The van der Waals surface area contributed by atoms with Crippen LogP contribution in [0.4, 0.5) is 0 Å². The second kappa shape index (κ2) is 5.29. The van der Waals surface area contributed by atoms with Crippen molar-refractivity contribution in [3.05, 3.63) is 24.3 Å². The van der Waals surface area contributed by atoms with Gasteiger partial charge in [0.15, 0.2) is 0 Å². The normalized spacial score (nSPS) is 13.9. The van der Waals surface area contributed by atoms with Gasteiger partial charge in [-0.2, -0.15) is 0 Å². The van der Waals surface area contributed by atoms with Crippen molar-refractivity contribution in [2.75, 3.05) is 7.05 Å². The van der Waals surface area contributed by atoms with E-state index >= 15 is 0 Å². The molecule has 0 bridgehead atoms. The van der Waals surface area contributed by atoms with Crippen molar-refractivity contribution in [3.63, 3.8) is 0 Å². The van der Waals surface area contributed by atoms with Crippen molar-refractivity contribution in [3.8, 4) is 0 Å². The molecule has 9 heavy (non-hydrogen) atoms. The van der Waals surface area contributed by atoms with E-state index in [-0.39, 0.29) is 0 Å². The molecule has 0 spiro atoms. The van der Waals surface area contributed by atoms with Crippen molar-refractivity contribution in [1.29, 1.82) is 0 Å². The van der Waals surface area contributed by atoms with Gasteiger partial charge in [-0.25, -0.2) is 0 Å². The lowest BCUT2D eigenvalue weighted by molar-refractivity contribution is 1.43. The second-order valence-electron chi connectivity index (χ2n) is 1.75. The van der Waals surface area contributed by atoms with E-state index in [1.807, 2.05) is 38.2 Å². The average molecular weight is 123 g/mol. The largest absolute Gasteiger partial charge is 0.293 e. The van der Waals surface area contributed by atoms with Crippen LogP contribution in [-0.4, -0.2) is 12.8 Å². The molecular weight excluding hydrogens is 110 g/mol. The summed E-state index contributed by atoms with van der Waals surface area (Å²) in [6.07, 6.45) is 7.91. The Labute approximate surface area is 56.8 Å². The van der Waals surface area contributed by atoms with Crippen LogP contribution < -0.4 is 0 Å². The number of rotatable bonds is 2. The first kappa shape index (κ1) is 8.15. The Morgan fingerprint density at radius 1 is 1.33 bits per heavy atom. The molecule has 0 aliphatic heterocycles. The maximum absolute atomic E-state index is 3.96. The maximum atomic E-state index is 3.96. The number of hydrogen-bond acceptors (Lipinski definition) is 1. The summed E-state index contributed by atoms with van der Waals surface area (Å²) in [5.74, 6) is 0. The number of allylic oxidation sites excluding steroid dienone is 4. The van der Waals surface area contributed by atoms with Crippen LogP contribution in [0.5, 0.6) is 0 Å². The Morgan fingerprint density at radius 3 is 2.44 bits per heavy atom. The Morgan fingerprint density at radius 2 is 2.00 bits per heavy atom. The third kappa shape index (κ3) is 5.01. The van der Waals surface area contributed by atoms with Gasteiger partial charge in [0.1, 0.15) is 0 Å². The summed E-state index contributed by atoms with van der Waals surface area (Å²) >= 11 is 0. The van der Waals surface area contributed by atoms with Crippen LogP contribution >= 0.6 is 0 Å². The van der Waals surface area contributed by atoms with E-state index in [9.17, 15) is 0 Å². The van der Waals surface area contributed by atoms with E-state index in [0.29, 0.717) is 0 Å². The highest BCUT2D eigenvalue weighted by Crippen LogP contribution is 1.80. The van der Waals surface area contributed by atoms with Crippen molar-refractivity contribution < 1.29 is 0 Å². The van der Waals surface area contributed by atoms with E-state index in [2.05, 4.69) is 4.99 Å². The molecule has 0 aromatic carbocycles. The molecule has 0 heterocycles. The number of aliphatic imine (C=N–C) groups is 1. The SMILES string of the molecule is C\C=C/C=C\C(C)=N\C. The molecule has 1 nitrogen and oxygen atoms in total. The molecule has 0 fully saturated rings. The van der Waals surface area contributed by atoms with Gasteiger partial charge >= 0.3 is 0 Å². The summed E-state index contributed by atoms with van der Waals surface area (Å²) in [5.41, 5.74) is 1.05. The van der Waals surface area contributed by atoms with Gasteiger partial charge in [0.2, 0.25) is 0 Å². The summed E-state index contributed by atoms with van der Waals surface area (Å²) in [4.78, 5) is 3.96. The van der Waals surface area contributed by atoms with Crippen molar-refractivity contribution >= 4 is 5.71 Å². The molecule has 0 rings (SSSR count). The smallest absolute Gasteiger partial charge is 0.0313 e. The fourth-order valence-corrected chi connectivity index (χ4v) is 0.380. The highest BCUT2D eigenvalue weighted by molar-refractivity contribution is 5.92. The molecule has 50 valence electrons. The minimum Gasteiger partial charge on any atom is -0.293 e. The number of hydrogen-bond donors (Lipinski definition) is 0. The molecular formula is C8H13N. The minimum atomic E-state index is 1.05. The molecule has 0 aliphatic rings. The highest BCUT2D eigenvalue weighted by Gasteiger charge is 1.73. The number of nitrogens with zero attached hydrogens (tertiary/aromatic N) is 1. The maximum Gasteiger partial charge on any atom is 0.0313 e. The van der Waals surface area contributed by atoms with Crippen LogP contribution in [0, 0.1) is 0 Å². The molecule has 0 aromatic rings. The van der Waals surface area contributed by atoms with Gasteiger partial charge in [0, 0.05) is 12.8 Å². The predicted molar refractivity (Wildman–Crippen MR) is 43.0 cm³/mol. The van der Waals surface area contributed by atoms with Crippen molar-refractivity contribution in [1.82, 2.24) is 0 Å². The Kier molecular flexibility index (Phi) is 4.79. The molecule has 0 saturated heterocycles. The third-order valence-electron chi connectivity index (χ3n) is 0.994. The monoisotopic (exact) mass is 123 g/mol. The van der Waals surface area contributed by atoms with Crippen molar-refractivity contribution in [2.45, 2.75) is 13.8 Å². The topological polar surface area (TPSA) is 12.4 Å². The summed E-state index contributed by atoms with van der Waals surface area (Å²) in [6.45, 7) is 3.96. The van der Waals surface area contributed by atoms with Crippen LogP contribution in [-0.2, 0) is 0 Å². The Hall–Kier alpha value is -0.850. The van der Waals surface area contributed by atoms with Crippen LogP contribution in [0.3, 0.4) is 0 Å². The van der Waals surface area contributed by atoms with Gasteiger partial charge in [0.05, 0.1) is 0 Å². The predicted octanol–water partition coefficient (Wildman–Crippen LogP) is 2.21. The van der Waals surface area contributed by atoms with E-state index in [1.165, 1.54) is 0 Å². The van der Waals surface area contributed by atoms with E-state index in [1.54, 1.807) is 7.05 Å². The zero-order valence-electron chi connectivity index (χ0n) is 6.26. The van der Waals surface area contributed by atoms with Crippen LogP contribution in [0.25, 0.3) is 0 Å². The first-order valence-corrected chi connectivity index (χ1v) is 3.04. The molecule has 0 aliphatic carbocycles. The zero-order valence-corrected chi connectivity index (χ0v) is 6.26. The minimum absolute atomic E-state index is 1.05. The zero-order chi connectivity index (χ0) is 7.11. The summed E-state index contributed by atoms with van der Waals surface area (Å²) in [5, 5.41) is 0. The Bertz CT molecular complexity index is 141. The second-order valence-corrected chi connectivity index (χ2v) is 1.75. The van der Waals surface area contributed by atoms with Gasteiger partial charge in [-0.05, 0) is 19.9 Å². The summed E-state index contributed by atoms with van der Waals surface area (Å²) in [6, 6.07) is 0. The van der Waals surface area contributed by atoms with Crippen LogP contribution in [0.15, 0.2) is 29.3 Å². The van der Waals surface area contributed by atoms with Crippen LogP contribution in [0.2, 0.25) is 0 Å². The molecule has 0 aromatic heterocycles. The fraction of sp³-hybridized carbons (Fsp3) is 0.375. The summed E-state index contributed by atoms with van der Waals surface area (Å²) < 4.78 is 0. The molecule has 0 unspecified atom stereocenters.